The van der Waals surface area contributed by atoms with Crippen molar-refractivity contribution < 1.29 is 14.4 Å². The summed E-state index contributed by atoms with van der Waals surface area (Å²) in [5.41, 5.74) is 2.75. The number of hydrogen-bond donors (Lipinski definition) is 2. The molecule has 4 heterocycles. The van der Waals surface area contributed by atoms with Crippen molar-refractivity contribution in [3.63, 3.8) is 0 Å². The molecule has 1 aromatic carbocycles. The molecule has 2 N–H and O–H groups in total. The number of Topliss-reactive ketones (excluding diaryl/α,β-unsaturated/α-hetero) is 1. The Morgan fingerprint density at radius 3 is 2.75 bits per heavy atom. The van der Waals surface area contributed by atoms with Crippen LogP contribution in [0.1, 0.15) is 30.1 Å². The molecule has 0 saturated carbocycles. The van der Waals surface area contributed by atoms with E-state index in [0.717, 1.165) is 22.0 Å². The topological polar surface area (TPSA) is 130 Å². The van der Waals surface area contributed by atoms with E-state index in [4.69, 9.17) is 0 Å². The number of likely N-dealkylation sites (tertiary alicyclic amines) is 1. The van der Waals surface area contributed by atoms with E-state index in [0.29, 0.717) is 24.9 Å². The lowest BCUT2D eigenvalue weighted by atomic mass is 10.0. The number of hydrogen-bond acceptors (Lipinski definition) is 6. The first-order valence-electron chi connectivity index (χ1n) is 11.6. The highest BCUT2D eigenvalue weighted by Crippen LogP contribution is 2.29. The number of H-pyrrole nitrogens is 1. The predicted octanol–water partition coefficient (Wildman–Crippen LogP) is 2.62. The molecular formula is C26H24N6O4. The first-order chi connectivity index (χ1) is 17.4. The van der Waals surface area contributed by atoms with Crippen LogP contribution in [0.2, 0.25) is 0 Å². The van der Waals surface area contributed by atoms with Gasteiger partial charge in [0.25, 0.3) is 5.56 Å². The summed E-state index contributed by atoms with van der Waals surface area (Å²) in [4.78, 5) is 54.6. The Hall–Kier alpha value is -4.60. The van der Waals surface area contributed by atoms with Crippen LogP contribution in [0, 0.1) is 0 Å². The van der Waals surface area contributed by atoms with E-state index in [-0.39, 0.29) is 23.9 Å². The normalized spacial score (nSPS) is 15.2. The number of aromatic amines is 1. The van der Waals surface area contributed by atoms with Crippen molar-refractivity contribution in [1.82, 2.24) is 24.6 Å². The first kappa shape index (κ1) is 23.2. The minimum absolute atomic E-state index is 0.0182. The molecule has 0 aliphatic carbocycles. The molecule has 2 amide bonds. The Morgan fingerprint density at radius 2 is 2.00 bits per heavy atom. The number of amides is 2. The van der Waals surface area contributed by atoms with Gasteiger partial charge < -0.3 is 19.8 Å². The summed E-state index contributed by atoms with van der Waals surface area (Å²) in [6, 6.07) is 10.0. The minimum atomic E-state index is -0.669. The van der Waals surface area contributed by atoms with E-state index in [1.54, 1.807) is 34.1 Å². The molecular weight excluding hydrogens is 460 g/mol. The fourth-order valence-electron chi connectivity index (χ4n) is 4.66. The summed E-state index contributed by atoms with van der Waals surface area (Å²) in [5.74, 6) is -0.735. The molecule has 36 heavy (non-hydrogen) atoms. The van der Waals surface area contributed by atoms with E-state index >= 15 is 0 Å². The largest absolute Gasteiger partial charge is 0.337 e. The maximum Gasteiger partial charge on any atom is 0.271 e. The zero-order valence-electron chi connectivity index (χ0n) is 19.6. The van der Waals surface area contributed by atoms with Crippen LogP contribution in [-0.4, -0.2) is 54.8 Å². The van der Waals surface area contributed by atoms with Crippen molar-refractivity contribution >= 4 is 34.2 Å². The van der Waals surface area contributed by atoms with Crippen LogP contribution >= 0.6 is 0 Å². The highest BCUT2D eigenvalue weighted by atomic mass is 16.2. The highest BCUT2D eigenvalue weighted by Gasteiger charge is 2.34. The van der Waals surface area contributed by atoms with Crippen molar-refractivity contribution in [3.05, 3.63) is 77.1 Å². The molecule has 1 aliphatic heterocycles. The van der Waals surface area contributed by atoms with E-state index in [1.165, 1.54) is 19.2 Å². The lowest BCUT2D eigenvalue weighted by Crippen LogP contribution is -2.44. The third kappa shape index (κ3) is 4.40. The van der Waals surface area contributed by atoms with Gasteiger partial charge in [-0.3, -0.25) is 19.2 Å². The maximum atomic E-state index is 13.3. The van der Waals surface area contributed by atoms with Gasteiger partial charge >= 0.3 is 0 Å². The van der Waals surface area contributed by atoms with Gasteiger partial charge in [0.1, 0.15) is 18.3 Å². The molecule has 0 bridgehead atoms. The third-order valence-corrected chi connectivity index (χ3v) is 6.44. The number of anilines is 1. The van der Waals surface area contributed by atoms with Crippen molar-refractivity contribution in [2.24, 2.45) is 0 Å². The number of carbonyl (C=O) groups excluding carboxylic acids is 3. The average Bonchev–Trinajstić information content (AvgIpc) is 3.51. The molecule has 5 rings (SSSR count). The Labute approximate surface area is 206 Å². The Kier molecular flexibility index (Phi) is 6.16. The van der Waals surface area contributed by atoms with E-state index in [1.807, 2.05) is 24.3 Å². The molecule has 1 aliphatic rings. The zero-order valence-corrected chi connectivity index (χ0v) is 19.6. The number of carbonyl (C=O) groups is 3. The summed E-state index contributed by atoms with van der Waals surface area (Å²) in [5, 5.41) is 11.1. The molecule has 4 aromatic rings. The SMILES string of the molecule is CC(=O)c1cn(CC(=O)N2CCC[C@H]2C(=O)Nc2ccc[nH]c2=O)c2ccc(-c3ccnnc3)cc12. The Bertz CT molecular complexity index is 1520. The van der Waals surface area contributed by atoms with Gasteiger partial charge in [-0.1, -0.05) is 6.07 Å². The number of nitrogens with zero attached hydrogens (tertiary/aromatic N) is 4. The van der Waals surface area contributed by atoms with E-state index in [2.05, 4.69) is 20.5 Å². The summed E-state index contributed by atoms with van der Waals surface area (Å²) in [7, 11) is 0. The van der Waals surface area contributed by atoms with Gasteiger partial charge in [0.05, 0.1) is 12.4 Å². The van der Waals surface area contributed by atoms with E-state index < -0.39 is 17.5 Å². The summed E-state index contributed by atoms with van der Waals surface area (Å²) in [6.45, 7) is 1.92. The minimum Gasteiger partial charge on any atom is -0.337 e. The number of pyridine rings is 1. The monoisotopic (exact) mass is 484 g/mol. The van der Waals surface area contributed by atoms with E-state index in [9.17, 15) is 19.2 Å². The molecule has 0 radical (unpaired) electrons. The van der Waals surface area contributed by atoms with Crippen LogP contribution < -0.4 is 10.9 Å². The lowest BCUT2D eigenvalue weighted by Gasteiger charge is -2.24. The van der Waals surface area contributed by atoms with Crippen LogP contribution in [-0.2, 0) is 16.1 Å². The lowest BCUT2D eigenvalue weighted by molar-refractivity contribution is -0.137. The number of fused-ring (bicyclic) bond motifs is 1. The molecule has 3 aromatic heterocycles. The van der Waals surface area contributed by atoms with Crippen molar-refractivity contribution in [2.75, 3.05) is 11.9 Å². The number of aromatic nitrogens is 4. The molecule has 1 fully saturated rings. The van der Waals surface area contributed by atoms with Crippen LogP contribution in [0.5, 0.6) is 0 Å². The standard InChI is InChI=1S/C26H24N6O4/c1-16(33)20-14-31(22-7-6-17(12-19(20)22)18-8-10-28-29-13-18)15-24(34)32-11-3-5-23(32)26(36)30-21-4-2-9-27-25(21)35/h2,4,6-10,12-14,23H,3,5,11,15H2,1H3,(H,27,35)(H,30,36)/t23-/m0/s1. The third-order valence-electron chi connectivity index (χ3n) is 6.44. The van der Waals surface area contributed by atoms with Gasteiger partial charge in [0, 0.05) is 41.0 Å². The second-order valence-corrected chi connectivity index (χ2v) is 8.74. The smallest absolute Gasteiger partial charge is 0.271 e. The molecule has 0 unspecified atom stereocenters. The number of nitrogens with one attached hydrogen (secondary N) is 2. The molecule has 0 spiro atoms. The Balaban J connectivity index is 1.40. The summed E-state index contributed by atoms with van der Waals surface area (Å²) in [6.07, 6.45) is 7.62. The van der Waals surface area contributed by atoms with Gasteiger partial charge in [-0.05, 0) is 55.7 Å². The van der Waals surface area contributed by atoms with Gasteiger partial charge in [0.2, 0.25) is 11.8 Å². The number of ketones is 1. The maximum absolute atomic E-state index is 13.3. The number of rotatable bonds is 6. The van der Waals surface area contributed by atoms with Crippen molar-refractivity contribution in [2.45, 2.75) is 32.4 Å². The second-order valence-electron chi connectivity index (χ2n) is 8.74. The van der Waals surface area contributed by atoms with Gasteiger partial charge in [-0.2, -0.15) is 10.2 Å². The van der Waals surface area contributed by atoms with Gasteiger partial charge in [-0.15, -0.1) is 0 Å². The average molecular weight is 485 g/mol. The second kappa shape index (κ2) is 9.57. The van der Waals surface area contributed by atoms with Crippen LogP contribution in [0.4, 0.5) is 5.69 Å². The summed E-state index contributed by atoms with van der Waals surface area (Å²) < 4.78 is 1.75. The predicted molar refractivity (Wildman–Crippen MR) is 133 cm³/mol. The molecule has 1 saturated heterocycles. The fourth-order valence-corrected chi connectivity index (χ4v) is 4.66. The Morgan fingerprint density at radius 1 is 1.14 bits per heavy atom. The van der Waals surface area contributed by atoms with Gasteiger partial charge in [0.15, 0.2) is 5.78 Å². The first-order valence-corrected chi connectivity index (χ1v) is 11.6. The van der Waals surface area contributed by atoms with Crippen LogP contribution in [0.3, 0.4) is 0 Å². The fraction of sp³-hybridized carbons (Fsp3) is 0.231. The van der Waals surface area contributed by atoms with Crippen molar-refractivity contribution in [1.29, 1.82) is 0 Å². The molecule has 182 valence electrons. The van der Waals surface area contributed by atoms with Crippen molar-refractivity contribution in [3.8, 4) is 11.1 Å². The number of benzene rings is 1. The van der Waals surface area contributed by atoms with Crippen LogP contribution in [0.25, 0.3) is 22.0 Å². The zero-order chi connectivity index (χ0) is 25.2. The van der Waals surface area contributed by atoms with Crippen LogP contribution in [0.15, 0.2) is 66.0 Å². The molecule has 1 atom stereocenters. The summed E-state index contributed by atoms with van der Waals surface area (Å²) >= 11 is 0. The molecule has 10 nitrogen and oxygen atoms in total. The quantitative estimate of drug-likeness (QED) is 0.405. The van der Waals surface area contributed by atoms with Gasteiger partial charge in [-0.25, -0.2) is 0 Å². The molecule has 10 heteroatoms. The highest BCUT2D eigenvalue weighted by molar-refractivity contribution is 6.08.